The number of nitro benzene ring substituents is 1. The molecule has 1 aliphatic rings. The number of fused-ring (bicyclic) bond motifs is 1. The number of ether oxygens (including phenoxy) is 1. The lowest BCUT2D eigenvalue weighted by molar-refractivity contribution is -0.383. The van der Waals surface area contributed by atoms with Crippen LogP contribution >= 0.6 is 7.60 Å². The van der Waals surface area contributed by atoms with Crippen molar-refractivity contribution in [3.63, 3.8) is 0 Å². The molecular formula is C24H28N3O8P. The highest BCUT2D eigenvalue weighted by Gasteiger charge is 2.23. The van der Waals surface area contributed by atoms with Crippen LogP contribution in [0.5, 0.6) is 5.75 Å². The molecule has 3 aromatic rings. The maximum atomic E-state index is 12.7. The summed E-state index contributed by atoms with van der Waals surface area (Å²) in [6.07, 6.45) is 6.82. The number of aryl methyl sites for hydroxylation is 1. The fourth-order valence-corrected chi connectivity index (χ4v) is 4.89. The van der Waals surface area contributed by atoms with Gasteiger partial charge in [0.2, 0.25) is 6.79 Å². The summed E-state index contributed by atoms with van der Waals surface area (Å²) < 4.78 is 30.1. The lowest BCUT2D eigenvalue weighted by Gasteiger charge is -2.25. The summed E-state index contributed by atoms with van der Waals surface area (Å²) in [5, 5.41) is 11.6. The van der Waals surface area contributed by atoms with Gasteiger partial charge in [0.15, 0.2) is 6.79 Å². The average Bonchev–Trinajstić information content (AvgIpc) is 2.85. The maximum Gasteiger partial charge on any atom is 0.333 e. The molecule has 0 bridgehead atoms. The van der Waals surface area contributed by atoms with Gasteiger partial charge in [0.05, 0.1) is 16.0 Å². The zero-order valence-corrected chi connectivity index (χ0v) is 21.0. The first-order chi connectivity index (χ1) is 17.2. The van der Waals surface area contributed by atoms with Crippen LogP contribution in [0.3, 0.4) is 0 Å². The Bertz CT molecular complexity index is 1350. The molecule has 12 heteroatoms. The molecule has 1 aromatic carbocycles. The van der Waals surface area contributed by atoms with Crippen LogP contribution in [0.4, 0.5) is 5.69 Å². The first kappa shape index (κ1) is 25.8. The molecule has 192 valence electrons. The Hall–Kier alpha value is -3.27. The van der Waals surface area contributed by atoms with Gasteiger partial charge in [-0.2, -0.15) is 0 Å². The highest BCUT2D eigenvalue weighted by Crippen LogP contribution is 2.43. The van der Waals surface area contributed by atoms with Gasteiger partial charge in [-0.15, -0.1) is 4.73 Å². The van der Waals surface area contributed by atoms with Gasteiger partial charge in [0.1, 0.15) is 11.3 Å². The number of pyridine rings is 2. The van der Waals surface area contributed by atoms with Crippen LogP contribution in [0.2, 0.25) is 0 Å². The number of hydrogen-bond donors (Lipinski definition) is 0. The fourth-order valence-electron chi connectivity index (χ4n) is 4.34. The van der Waals surface area contributed by atoms with Crippen LogP contribution < -0.4 is 15.1 Å². The summed E-state index contributed by atoms with van der Waals surface area (Å²) in [6, 6.07) is 9.27. The van der Waals surface area contributed by atoms with Gasteiger partial charge in [-0.25, -0.2) is 0 Å². The molecule has 36 heavy (non-hydrogen) atoms. The third-order valence-corrected chi connectivity index (χ3v) is 7.21. The number of nitro groups is 1. The van der Waals surface area contributed by atoms with Gasteiger partial charge >= 0.3 is 7.60 Å². The molecule has 0 amide bonds. The van der Waals surface area contributed by atoms with Gasteiger partial charge in [-0.3, -0.25) is 33.5 Å². The largest absolute Gasteiger partial charge is 0.465 e. The number of nitrogens with zero attached hydrogens (tertiary/aromatic N) is 3. The van der Waals surface area contributed by atoms with Crippen molar-refractivity contribution in [2.24, 2.45) is 0 Å². The van der Waals surface area contributed by atoms with E-state index in [0.717, 1.165) is 36.9 Å². The van der Waals surface area contributed by atoms with E-state index in [4.69, 9.17) is 18.6 Å². The Balaban J connectivity index is 1.37. The molecule has 1 fully saturated rings. The molecule has 0 aliphatic heterocycles. The molecule has 0 radical (unpaired) electrons. The van der Waals surface area contributed by atoms with Gasteiger partial charge in [0, 0.05) is 30.9 Å². The molecule has 2 aromatic heterocycles. The van der Waals surface area contributed by atoms with E-state index in [2.05, 4.69) is 4.98 Å². The second kappa shape index (κ2) is 11.2. The van der Waals surface area contributed by atoms with E-state index in [1.54, 1.807) is 12.1 Å². The van der Waals surface area contributed by atoms with Crippen LogP contribution in [0.1, 0.15) is 49.3 Å². The van der Waals surface area contributed by atoms with E-state index in [1.165, 1.54) is 42.2 Å². The van der Waals surface area contributed by atoms with Gasteiger partial charge in [-0.05, 0) is 49.6 Å². The normalized spacial score (nSPS) is 15.9. The summed E-state index contributed by atoms with van der Waals surface area (Å²) in [7, 11) is -3.62. The van der Waals surface area contributed by atoms with Crippen molar-refractivity contribution < 1.29 is 28.1 Å². The van der Waals surface area contributed by atoms with E-state index in [9.17, 15) is 19.5 Å². The Labute approximate surface area is 207 Å². The molecule has 11 nitrogen and oxygen atoms in total. The van der Waals surface area contributed by atoms with Crippen LogP contribution in [0.15, 0.2) is 47.4 Å². The summed E-state index contributed by atoms with van der Waals surface area (Å²) in [5.74, 6) is 0.449. The Kier molecular flexibility index (Phi) is 8.03. The minimum atomic E-state index is -3.62. The second-order valence-corrected chi connectivity index (χ2v) is 10.8. The van der Waals surface area contributed by atoms with Crippen LogP contribution in [0, 0.1) is 17.0 Å². The summed E-state index contributed by atoms with van der Waals surface area (Å²) >= 11 is 0. The van der Waals surface area contributed by atoms with Crippen molar-refractivity contribution >= 4 is 24.2 Å². The zero-order valence-electron chi connectivity index (χ0n) is 20.1. The van der Waals surface area contributed by atoms with Crippen LogP contribution in [-0.2, 0) is 13.6 Å². The monoisotopic (exact) mass is 517 g/mol. The van der Waals surface area contributed by atoms with Crippen molar-refractivity contribution in [2.45, 2.75) is 44.9 Å². The molecule has 1 saturated carbocycles. The number of rotatable bonds is 10. The molecule has 0 saturated heterocycles. The minimum Gasteiger partial charge on any atom is -0.465 e. The highest BCUT2D eigenvalue weighted by molar-refractivity contribution is 7.52. The van der Waals surface area contributed by atoms with Crippen molar-refractivity contribution in [3.8, 4) is 5.75 Å². The smallest absolute Gasteiger partial charge is 0.333 e. The lowest BCUT2D eigenvalue weighted by atomic mass is 9.86. The van der Waals surface area contributed by atoms with Crippen molar-refractivity contribution in [3.05, 3.63) is 74.3 Å². The Morgan fingerprint density at radius 2 is 1.89 bits per heavy atom. The number of hydrogen-bond acceptors (Lipinski definition) is 9. The quantitative estimate of drug-likeness (QED) is 0.159. The fraction of sp³-hybridized carbons (Fsp3) is 0.417. The van der Waals surface area contributed by atoms with Gasteiger partial charge < -0.3 is 9.57 Å². The van der Waals surface area contributed by atoms with Gasteiger partial charge in [-0.1, -0.05) is 19.3 Å². The predicted molar refractivity (Wildman–Crippen MR) is 132 cm³/mol. The molecule has 1 aliphatic carbocycles. The predicted octanol–water partition coefficient (Wildman–Crippen LogP) is 4.94. The summed E-state index contributed by atoms with van der Waals surface area (Å²) in [4.78, 5) is 33.1. The molecule has 2 heterocycles. The lowest BCUT2D eigenvalue weighted by Crippen LogP contribution is -2.32. The second-order valence-electron chi connectivity index (χ2n) is 8.70. The van der Waals surface area contributed by atoms with Crippen molar-refractivity contribution in [1.29, 1.82) is 0 Å². The van der Waals surface area contributed by atoms with E-state index in [1.807, 2.05) is 13.0 Å². The van der Waals surface area contributed by atoms with Crippen molar-refractivity contribution in [2.75, 3.05) is 20.3 Å². The van der Waals surface area contributed by atoms with Crippen molar-refractivity contribution in [1.82, 2.24) is 9.71 Å². The first-order valence-corrected chi connectivity index (χ1v) is 13.6. The first-order valence-electron chi connectivity index (χ1n) is 11.6. The number of aromatic nitrogens is 2. The highest BCUT2D eigenvalue weighted by atomic mass is 31.2. The van der Waals surface area contributed by atoms with E-state index in [0.29, 0.717) is 5.39 Å². The van der Waals surface area contributed by atoms with Crippen LogP contribution in [-0.4, -0.2) is 34.9 Å². The standard InChI is InChI=1S/C24H28N3O8P/c1-17-13-21(18-7-4-3-5-8-18)26(23(28)14-17)33-16-35-36(2,31)34-15-32-22-11-10-20(27(29)30)19-9-6-12-25-24(19)22/h6,9-14,18H,3-5,7-8,15-16H2,1-2H3. The molecule has 0 N–H and O–H groups in total. The molecule has 0 spiro atoms. The average molecular weight is 517 g/mol. The van der Waals surface area contributed by atoms with Crippen LogP contribution in [0.25, 0.3) is 10.9 Å². The SMILES string of the molecule is Cc1cc(C2CCCCC2)n(OCOP(C)(=O)OCOc2ccc([N+](=O)[O-])c3cccnc23)c(=O)c1. The molecule has 4 rings (SSSR count). The third-order valence-electron chi connectivity index (χ3n) is 6.06. The molecule has 1 unspecified atom stereocenters. The summed E-state index contributed by atoms with van der Waals surface area (Å²) in [6.45, 7) is 2.21. The topological polar surface area (TPSA) is 132 Å². The maximum absolute atomic E-state index is 12.7. The summed E-state index contributed by atoms with van der Waals surface area (Å²) in [5.41, 5.74) is 1.51. The zero-order chi connectivity index (χ0) is 25.7. The number of non-ortho nitro benzene ring substituents is 1. The molecular weight excluding hydrogens is 489 g/mol. The Morgan fingerprint density at radius 3 is 2.64 bits per heavy atom. The van der Waals surface area contributed by atoms with Gasteiger partial charge in [0.25, 0.3) is 11.2 Å². The van der Waals surface area contributed by atoms with E-state index >= 15 is 0 Å². The number of benzene rings is 1. The van der Waals surface area contributed by atoms with E-state index in [-0.39, 0.29) is 28.4 Å². The Morgan fingerprint density at radius 1 is 1.14 bits per heavy atom. The third kappa shape index (κ3) is 6.10. The van der Waals surface area contributed by atoms with E-state index < -0.39 is 26.1 Å². The molecule has 1 atom stereocenters. The minimum absolute atomic E-state index is 0.105.